The Morgan fingerprint density at radius 3 is 2.82 bits per heavy atom. The molecule has 2 rings (SSSR count). The van der Waals surface area contributed by atoms with Crippen LogP contribution in [0.3, 0.4) is 0 Å². The van der Waals surface area contributed by atoms with Crippen molar-refractivity contribution in [3.8, 4) is 18.4 Å². The van der Waals surface area contributed by atoms with Gasteiger partial charge in [-0.15, -0.1) is 6.42 Å². The van der Waals surface area contributed by atoms with Crippen LogP contribution in [0.5, 0.6) is 0 Å². The Morgan fingerprint density at radius 2 is 2.14 bits per heavy atom. The normalized spacial score (nSPS) is 18.2. The lowest BCUT2D eigenvalue weighted by Gasteiger charge is -2.34. The molecule has 1 aromatic carbocycles. The Balaban J connectivity index is 1.96. The molecular formula is C18H21N3O. The quantitative estimate of drug-likeness (QED) is 0.615. The van der Waals surface area contributed by atoms with Gasteiger partial charge in [0.15, 0.2) is 0 Å². The van der Waals surface area contributed by atoms with E-state index in [9.17, 15) is 4.79 Å². The first-order valence-corrected chi connectivity index (χ1v) is 7.60. The number of hydrogen-bond donors (Lipinski definition) is 0. The number of carbonyl (C=O) groups is 1. The fourth-order valence-corrected chi connectivity index (χ4v) is 2.91. The monoisotopic (exact) mass is 295 g/mol. The van der Waals surface area contributed by atoms with Crippen molar-refractivity contribution in [2.45, 2.75) is 19.4 Å². The highest BCUT2D eigenvalue weighted by Crippen LogP contribution is 2.20. The van der Waals surface area contributed by atoms with Gasteiger partial charge >= 0.3 is 0 Å². The van der Waals surface area contributed by atoms with Gasteiger partial charge in [-0.2, -0.15) is 5.26 Å². The van der Waals surface area contributed by atoms with E-state index < -0.39 is 0 Å². The van der Waals surface area contributed by atoms with Crippen molar-refractivity contribution in [2.75, 3.05) is 26.2 Å². The molecule has 0 saturated carbocycles. The summed E-state index contributed by atoms with van der Waals surface area (Å²) < 4.78 is 0. The summed E-state index contributed by atoms with van der Waals surface area (Å²) in [6.07, 6.45) is 7.16. The van der Waals surface area contributed by atoms with Crippen LogP contribution in [0.4, 0.5) is 0 Å². The molecule has 0 aromatic heterocycles. The van der Waals surface area contributed by atoms with Gasteiger partial charge in [0.05, 0.1) is 18.5 Å². The standard InChI is InChI=1S/C18H21N3O/c1-2-11-21(13-10-19)18(22)17-9-6-12-20(15-17)14-16-7-4-3-5-8-16/h1,3-5,7-8,17H,6,9,11-15H2/t17-/m0/s1. The molecule has 1 aliphatic rings. The summed E-state index contributed by atoms with van der Waals surface area (Å²) in [5.74, 6) is 2.42. The number of amides is 1. The molecule has 1 aliphatic heterocycles. The zero-order chi connectivity index (χ0) is 15.8. The largest absolute Gasteiger partial charge is 0.318 e. The predicted octanol–water partition coefficient (Wildman–Crippen LogP) is 1.88. The second kappa shape index (κ2) is 8.22. The highest BCUT2D eigenvalue weighted by Gasteiger charge is 2.28. The minimum Gasteiger partial charge on any atom is -0.318 e. The minimum absolute atomic E-state index is 0.0114. The molecule has 1 saturated heterocycles. The summed E-state index contributed by atoms with van der Waals surface area (Å²) in [6, 6.07) is 12.3. The average Bonchev–Trinajstić information content (AvgIpc) is 2.55. The van der Waals surface area contributed by atoms with Crippen LogP contribution in [0, 0.1) is 29.6 Å². The third-order valence-electron chi connectivity index (χ3n) is 3.96. The molecule has 1 amide bonds. The summed E-state index contributed by atoms with van der Waals surface area (Å²) >= 11 is 0. The molecule has 0 bridgehead atoms. The maximum Gasteiger partial charge on any atom is 0.228 e. The molecule has 4 nitrogen and oxygen atoms in total. The molecule has 0 aliphatic carbocycles. The van der Waals surface area contributed by atoms with E-state index >= 15 is 0 Å². The van der Waals surface area contributed by atoms with Crippen LogP contribution in [0.1, 0.15) is 18.4 Å². The first-order chi connectivity index (χ1) is 10.7. The van der Waals surface area contributed by atoms with Crippen LogP contribution in [0.25, 0.3) is 0 Å². The van der Waals surface area contributed by atoms with E-state index in [0.29, 0.717) is 0 Å². The summed E-state index contributed by atoms with van der Waals surface area (Å²) in [5, 5.41) is 8.83. The molecule has 1 aromatic rings. The van der Waals surface area contributed by atoms with Crippen molar-refractivity contribution in [1.29, 1.82) is 5.26 Å². The van der Waals surface area contributed by atoms with Crippen LogP contribution < -0.4 is 0 Å². The van der Waals surface area contributed by atoms with Crippen LogP contribution in [-0.2, 0) is 11.3 Å². The summed E-state index contributed by atoms with van der Waals surface area (Å²) in [4.78, 5) is 16.3. The maximum atomic E-state index is 12.5. The van der Waals surface area contributed by atoms with E-state index in [1.807, 2.05) is 24.3 Å². The lowest BCUT2D eigenvalue weighted by atomic mass is 9.96. The highest BCUT2D eigenvalue weighted by molar-refractivity contribution is 5.79. The van der Waals surface area contributed by atoms with Crippen molar-refractivity contribution >= 4 is 5.91 Å². The number of nitrogens with zero attached hydrogens (tertiary/aromatic N) is 3. The van der Waals surface area contributed by atoms with Crippen molar-refractivity contribution < 1.29 is 4.79 Å². The predicted molar refractivity (Wildman–Crippen MR) is 85.5 cm³/mol. The number of hydrogen-bond acceptors (Lipinski definition) is 3. The third kappa shape index (κ3) is 4.35. The van der Waals surface area contributed by atoms with Crippen LogP contribution in [-0.4, -0.2) is 41.9 Å². The van der Waals surface area contributed by atoms with Crippen molar-refractivity contribution in [3.05, 3.63) is 35.9 Å². The zero-order valence-corrected chi connectivity index (χ0v) is 12.7. The van der Waals surface area contributed by atoms with Gasteiger partial charge in [0.2, 0.25) is 5.91 Å². The second-order valence-electron chi connectivity index (χ2n) is 5.62. The van der Waals surface area contributed by atoms with Gasteiger partial charge in [-0.3, -0.25) is 9.69 Å². The fourth-order valence-electron chi connectivity index (χ4n) is 2.91. The Labute approximate surface area is 132 Å². The highest BCUT2D eigenvalue weighted by atomic mass is 16.2. The van der Waals surface area contributed by atoms with Crippen molar-refractivity contribution in [3.63, 3.8) is 0 Å². The molecule has 0 N–H and O–H groups in total. The Kier molecular flexibility index (Phi) is 6.01. The molecule has 1 atom stereocenters. The Bertz CT molecular complexity index is 554. The van der Waals surface area contributed by atoms with Gasteiger partial charge in [0, 0.05) is 13.1 Å². The van der Waals surface area contributed by atoms with E-state index in [4.69, 9.17) is 11.7 Å². The van der Waals surface area contributed by atoms with Gasteiger partial charge < -0.3 is 4.90 Å². The molecule has 114 valence electrons. The van der Waals surface area contributed by atoms with Gasteiger partial charge in [-0.25, -0.2) is 0 Å². The molecule has 22 heavy (non-hydrogen) atoms. The summed E-state index contributed by atoms with van der Waals surface area (Å²) in [7, 11) is 0. The Hall–Kier alpha value is -2.30. The van der Waals surface area contributed by atoms with Crippen molar-refractivity contribution in [1.82, 2.24) is 9.80 Å². The Morgan fingerprint density at radius 1 is 1.36 bits per heavy atom. The van der Waals surface area contributed by atoms with E-state index in [2.05, 4.69) is 23.0 Å². The van der Waals surface area contributed by atoms with E-state index in [-0.39, 0.29) is 24.9 Å². The topological polar surface area (TPSA) is 47.3 Å². The average molecular weight is 295 g/mol. The number of benzene rings is 1. The molecular weight excluding hydrogens is 274 g/mol. The SMILES string of the molecule is C#CCN(CC#N)C(=O)[C@H]1CCCN(Cc2ccccc2)C1. The van der Waals surface area contributed by atoms with Gasteiger partial charge in [-0.05, 0) is 24.9 Å². The van der Waals surface area contributed by atoms with E-state index in [0.717, 1.165) is 32.5 Å². The van der Waals surface area contributed by atoms with Crippen LogP contribution >= 0.6 is 0 Å². The number of rotatable bonds is 5. The zero-order valence-electron chi connectivity index (χ0n) is 12.7. The smallest absolute Gasteiger partial charge is 0.228 e. The third-order valence-corrected chi connectivity index (χ3v) is 3.96. The molecule has 1 heterocycles. The van der Waals surface area contributed by atoms with Gasteiger partial charge in [-0.1, -0.05) is 36.3 Å². The van der Waals surface area contributed by atoms with Gasteiger partial charge in [0.25, 0.3) is 0 Å². The number of nitriles is 1. The number of carbonyl (C=O) groups excluding carboxylic acids is 1. The van der Waals surface area contributed by atoms with Crippen molar-refractivity contribution in [2.24, 2.45) is 5.92 Å². The number of piperidine rings is 1. The lowest BCUT2D eigenvalue weighted by molar-refractivity contribution is -0.136. The summed E-state index contributed by atoms with van der Waals surface area (Å²) in [5.41, 5.74) is 1.26. The van der Waals surface area contributed by atoms with E-state index in [1.54, 1.807) is 0 Å². The summed E-state index contributed by atoms with van der Waals surface area (Å²) in [6.45, 7) is 2.88. The molecule has 4 heteroatoms. The molecule has 1 fully saturated rings. The number of likely N-dealkylation sites (tertiary alicyclic amines) is 1. The minimum atomic E-state index is -0.0563. The molecule has 0 spiro atoms. The van der Waals surface area contributed by atoms with Crippen LogP contribution in [0.15, 0.2) is 30.3 Å². The lowest BCUT2D eigenvalue weighted by Crippen LogP contribution is -2.44. The van der Waals surface area contributed by atoms with E-state index in [1.165, 1.54) is 10.5 Å². The number of terminal acetylenes is 1. The molecule has 0 radical (unpaired) electrons. The first kappa shape index (κ1) is 16.1. The fraction of sp³-hybridized carbons (Fsp3) is 0.444. The van der Waals surface area contributed by atoms with Gasteiger partial charge in [0.1, 0.15) is 6.54 Å². The van der Waals surface area contributed by atoms with Crippen LogP contribution in [0.2, 0.25) is 0 Å². The second-order valence-corrected chi connectivity index (χ2v) is 5.62. The first-order valence-electron chi connectivity index (χ1n) is 7.60. The maximum absolute atomic E-state index is 12.5. The molecule has 0 unspecified atom stereocenters.